The zero-order valence-corrected chi connectivity index (χ0v) is 17.2. The monoisotopic (exact) mass is 403 g/mol. The minimum Gasteiger partial charge on any atom is -0.355 e. The lowest BCUT2D eigenvalue weighted by molar-refractivity contribution is -0.128. The van der Waals surface area contributed by atoms with Crippen LogP contribution in [0, 0.1) is 5.41 Å². The Morgan fingerprint density at radius 3 is 2.59 bits per heavy atom. The summed E-state index contributed by atoms with van der Waals surface area (Å²) in [7, 11) is 0. The van der Waals surface area contributed by atoms with Crippen molar-refractivity contribution in [1.82, 2.24) is 14.9 Å². The van der Waals surface area contributed by atoms with Crippen molar-refractivity contribution in [3.63, 3.8) is 0 Å². The molecule has 0 aliphatic carbocycles. The standard InChI is InChI=1S/C21H23Cl2N3O/c1-21(2,3)20(27)24-11-10-19-25-17-6-4-5-7-18(17)26(19)13-14-8-9-15(22)12-16(14)23/h4-9,12H,10-11,13H2,1-3H3,(H,24,27). The van der Waals surface area contributed by atoms with Crippen molar-refractivity contribution in [3.05, 3.63) is 63.9 Å². The van der Waals surface area contributed by atoms with Crippen LogP contribution in [0.3, 0.4) is 0 Å². The van der Waals surface area contributed by atoms with Gasteiger partial charge in [0.1, 0.15) is 5.82 Å². The zero-order valence-electron chi connectivity index (χ0n) is 15.7. The first kappa shape index (κ1) is 19.7. The van der Waals surface area contributed by atoms with E-state index in [-0.39, 0.29) is 5.91 Å². The molecule has 1 aromatic heterocycles. The second-order valence-electron chi connectivity index (χ2n) is 7.59. The Balaban J connectivity index is 1.86. The molecule has 0 saturated carbocycles. The average Bonchev–Trinajstić information content (AvgIpc) is 2.94. The molecule has 6 heteroatoms. The lowest BCUT2D eigenvalue weighted by atomic mass is 9.96. The van der Waals surface area contributed by atoms with Crippen molar-refractivity contribution >= 4 is 40.1 Å². The minimum absolute atomic E-state index is 0.0332. The first-order chi connectivity index (χ1) is 12.8. The lowest BCUT2D eigenvalue weighted by Crippen LogP contribution is -2.36. The van der Waals surface area contributed by atoms with Gasteiger partial charge in [-0.2, -0.15) is 0 Å². The summed E-state index contributed by atoms with van der Waals surface area (Å²) < 4.78 is 2.15. The number of benzene rings is 2. The molecule has 0 spiro atoms. The molecule has 0 unspecified atom stereocenters. The predicted octanol–water partition coefficient (Wildman–Crippen LogP) is 5.10. The number of carbonyl (C=O) groups excluding carboxylic acids is 1. The van der Waals surface area contributed by atoms with E-state index >= 15 is 0 Å². The van der Waals surface area contributed by atoms with E-state index < -0.39 is 5.41 Å². The number of rotatable bonds is 5. The fourth-order valence-electron chi connectivity index (χ4n) is 2.87. The third-order valence-corrected chi connectivity index (χ3v) is 4.98. The van der Waals surface area contributed by atoms with Gasteiger partial charge in [-0.1, -0.05) is 62.2 Å². The topological polar surface area (TPSA) is 46.9 Å². The van der Waals surface area contributed by atoms with Gasteiger partial charge < -0.3 is 9.88 Å². The molecule has 0 radical (unpaired) electrons. The zero-order chi connectivity index (χ0) is 19.6. The number of para-hydroxylation sites is 2. The Kier molecular flexibility index (Phi) is 5.78. The molecule has 0 bridgehead atoms. The third kappa shape index (κ3) is 4.63. The molecule has 142 valence electrons. The highest BCUT2D eigenvalue weighted by atomic mass is 35.5. The Morgan fingerprint density at radius 1 is 1.15 bits per heavy atom. The quantitative estimate of drug-likeness (QED) is 0.644. The van der Waals surface area contributed by atoms with Gasteiger partial charge in [0.2, 0.25) is 5.91 Å². The maximum Gasteiger partial charge on any atom is 0.225 e. The third-order valence-electron chi connectivity index (χ3n) is 4.39. The molecule has 0 fully saturated rings. The number of hydrogen-bond donors (Lipinski definition) is 1. The van der Waals surface area contributed by atoms with Crippen LogP contribution in [-0.4, -0.2) is 22.0 Å². The van der Waals surface area contributed by atoms with Crippen molar-refractivity contribution in [3.8, 4) is 0 Å². The van der Waals surface area contributed by atoms with E-state index in [9.17, 15) is 4.79 Å². The van der Waals surface area contributed by atoms with E-state index in [4.69, 9.17) is 28.2 Å². The molecule has 27 heavy (non-hydrogen) atoms. The molecule has 3 aromatic rings. The summed E-state index contributed by atoms with van der Waals surface area (Å²) in [5.41, 5.74) is 2.54. The van der Waals surface area contributed by atoms with Crippen molar-refractivity contribution in [2.45, 2.75) is 33.7 Å². The Hall–Kier alpha value is -2.04. The normalized spacial score (nSPS) is 11.7. The number of fused-ring (bicyclic) bond motifs is 1. The van der Waals surface area contributed by atoms with Gasteiger partial charge in [0.15, 0.2) is 0 Å². The number of hydrogen-bond acceptors (Lipinski definition) is 2. The maximum absolute atomic E-state index is 12.1. The summed E-state index contributed by atoms with van der Waals surface area (Å²) in [6, 6.07) is 13.5. The number of imidazole rings is 1. The number of halogens is 2. The van der Waals surface area contributed by atoms with Gasteiger partial charge >= 0.3 is 0 Å². The molecule has 4 nitrogen and oxygen atoms in total. The molecule has 0 saturated heterocycles. The molecule has 2 aromatic carbocycles. The SMILES string of the molecule is CC(C)(C)C(=O)NCCc1nc2ccccc2n1Cc1ccc(Cl)cc1Cl. The summed E-state index contributed by atoms with van der Waals surface area (Å²) in [5, 5.41) is 4.24. The summed E-state index contributed by atoms with van der Waals surface area (Å²) >= 11 is 12.4. The fourth-order valence-corrected chi connectivity index (χ4v) is 3.33. The second kappa shape index (κ2) is 7.91. The first-order valence-electron chi connectivity index (χ1n) is 8.92. The highest BCUT2D eigenvalue weighted by Crippen LogP contribution is 2.25. The largest absolute Gasteiger partial charge is 0.355 e. The van der Waals surface area contributed by atoms with Crippen LogP contribution in [0.4, 0.5) is 0 Å². The summed E-state index contributed by atoms with van der Waals surface area (Å²) in [6.45, 7) is 6.84. The van der Waals surface area contributed by atoms with Gasteiger partial charge in [0, 0.05) is 28.4 Å². The van der Waals surface area contributed by atoms with Crippen molar-refractivity contribution in [2.24, 2.45) is 5.41 Å². The van der Waals surface area contributed by atoms with E-state index in [2.05, 4.69) is 9.88 Å². The Labute approximate surface area is 169 Å². The van der Waals surface area contributed by atoms with Crippen molar-refractivity contribution in [1.29, 1.82) is 0 Å². The molecule has 1 amide bonds. The van der Waals surface area contributed by atoms with Crippen LogP contribution in [0.5, 0.6) is 0 Å². The van der Waals surface area contributed by atoms with Crippen LogP contribution in [0.2, 0.25) is 10.0 Å². The molecule has 0 aliphatic heterocycles. The number of amides is 1. The summed E-state index contributed by atoms with van der Waals surface area (Å²) in [4.78, 5) is 16.9. The molecular formula is C21H23Cl2N3O. The minimum atomic E-state index is -0.406. The molecule has 0 aliphatic rings. The maximum atomic E-state index is 12.1. The van der Waals surface area contributed by atoms with E-state index in [0.717, 1.165) is 22.4 Å². The Bertz CT molecular complexity index is 973. The van der Waals surface area contributed by atoms with Crippen LogP contribution in [0.25, 0.3) is 11.0 Å². The van der Waals surface area contributed by atoms with Gasteiger partial charge in [-0.05, 0) is 29.8 Å². The first-order valence-corrected chi connectivity index (χ1v) is 9.67. The lowest BCUT2D eigenvalue weighted by Gasteiger charge is -2.17. The van der Waals surface area contributed by atoms with Gasteiger partial charge in [0.25, 0.3) is 0 Å². The number of carbonyl (C=O) groups is 1. The fraction of sp³-hybridized carbons (Fsp3) is 0.333. The van der Waals surface area contributed by atoms with Crippen LogP contribution < -0.4 is 5.32 Å². The molecule has 1 N–H and O–H groups in total. The van der Waals surface area contributed by atoms with Gasteiger partial charge in [-0.15, -0.1) is 0 Å². The highest BCUT2D eigenvalue weighted by molar-refractivity contribution is 6.35. The van der Waals surface area contributed by atoms with Crippen molar-refractivity contribution in [2.75, 3.05) is 6.54 Å². The van der Waals surface area contributed by atoms with Crippen LogP contribution >= 0.6 is 23.2 Å². The number of nitrogens with one attached hydrogen (secondary N) is 1. The summed E-state index contributed by atoms with van der Waals surface area (Å²) in [6.07, 6.45) is 0.641. The average molecular weight is 404 g/mol. The van der Waals surface area contributed by atoms with E-state index in [1.54, 1.807) is 6.07 Å². The molecule has 1 heterocycles. The van der Waals surface area contributed by atoms with Crippen molar-refractivity contribution < 1.29 is 4.79 Å². The van der Waals surface area contributed by atoms with E-state index in [1.807, 2.05) is 57.2 Å². The summed E-state index contributed by atoms with van der Waals surface area (Å²) in [5.74, 6) is 0.947. The molecule has 3 rings (SSSR count). The number of nitrogens with zero attached hydrogens (tertiary/aromatic N) is 2. The van der Waals surface area contributed by atoms with Gasteiger partial charge in [-0.25, -0.2) is 4.98 Å². The second-order valence-corrected chi connectivity index (χ2v) is 8.44. The Morgan fingerprint density at radius 2 is 1.89 bits per heavy atom. The van der Waals surface area contributed by atoms with Crippen LogP contribution in [0.15, 0.2) is 42.5 Å². The predicted molar refractivity (Wildman–Crippen MR) is 111 cm³/mol. The molecular weight excluding hydrogens is 381 g/mol. The van der Waals surface area contributed by atoms with Gasteiger partial charge in [0.05, 0.1) is 17.6 Å². The number of aromatic nitrogens is 2. The van der Waals surface area contributed by atoms with Gasteiger partial charge in [-0.3, -0.25) is 4.79 Å². The smallest absolute Gasteiger partial charge is 0.225 e. The van der Waals surface area contributed by atoms with Crippen LogP contribution in [0.1, 0.15) is 32.2 Å². The van der Waals surface area contributed by atoms with Crippen LogP contribution in [-0.2, 0) is 17.8 Å². The van der Waals surface area contributed by atoms with E-state index in [0.29, 0.717) is 29.6 Å². The molecule has 0 atom stereocenters. The van der Waals surface area contributed by atoms with E-state index in [1.165, 1.54) is 0 Å². The highest BCUT2D eigenvalue weighted by Gasteiger charge is 2.21.